The van der Waals surface area contributed by atoms with Crippen LogP contribution in [0.4, 0.5) is 11.6 Å². The van der Waals surface area contributed by atoms with Crippen molar-refractivity contribution in [2.75, 3.05) is 44.9 Å². The molecule has 7 nitrogen and oxygen atoms in total. The third-order valence-electron chi connectivity index (χ3n) is 3.34. The molecule has 1 aromatic heterocycles. The van der Waals surface area contributed by atoms with E-state index in [9.17, 15) is 4.79 Å². The van der Waals surface area contributed by atoms with Crippen molar-refractivity contribution < 1.29 is 9.53 Å². The molecule has 0 aliphatic heterocycles. The minimum Gasteiger partial charge on any atom is -0.495 e. The first-order valence-corrected chi connectivity index (χ1v) is 8.16. The van der Waals surface area contributed by atoms with Gasteiger partial charge in [-0.1, -0.05) is 11.6 Å². The van der Waals surface area contributed by atoms with Crippen molar-refractivity contribution in [2.24, 2.45) is 0 Å². The van der Waals surface area contributed by atoms with E-state index in [1.54, 1.807) is 24.3 Å². The van der Waals surface area contributed by atoms with Gasteiger partial charge in [0.2, 0.25) is 5.95 Å². The van der Waals surface area contributed by atoms with Crippen LogP contribution in [-0.4, -0.2) is 55.1 Å². The lowest BCUT2D eigenvalue weighted by Gasteiger charge is -2.12. The van der Waals surface area contributed by atoms with E-state index in [2.05, 4.69) is 20.6 Å². The number of nitrogens with one attached hydrogen (secondary N) is 2. The van der Waals surface area contributed by atoms with E-state index in [0.717, 1.165) is 6.54 Å². The topological polar surface area (TPSA) is 79.4 Å². The maximum absolute atomic E-state index is 12.5. The summed E-state index contributed by atoms with van der Waals surface area (Å²) in [4.78, 5) is 23.2. The summed E-state index contributed by atoms with van der Waals surface area (Å²) in [7, 11) is 5.49. The molecule has 8 heteroatoms. The van der Waals surface area contributed by atoms with Crippen LogP contribution in [0.15, 0.2) is 24.3 Å². The fourth-order valence-electron chi connectivity index (χ4n) is 2.12. The quantitative estimate of drug-likeness (QED) is 0.787. The summed E-state index contributed by atoms with van der Waals surface area (Å²) in [5.41, 5.74) is 1.45. The minimum absolute atomic E-state index is 0.266. The number of carbonyl (C=O) groups is 1. The third-order valence-corrected chi connectivity index (χ3v) is 3.57. The third kappa shape index (κ3) is 5.58. The van der Waals surface area contributed by atoms with E-state index in [4.69, 9.17) is 16.3 Å². The molecule has 2 rings (SSSR count). The summed E-state index contributed by atoms with van der Waals surface area (Å²) >= 11 is 5.99. The van der Waals surface area contributed by atoms with Crippen LogP contribution in [0, 0.1) is 6.92 Å². The molecule has 0 aliphatic rings. The molecule has 2 N–H and O–H groups in total. The second-order valence-corrected chi connectivity index (χ2v) is 6.18. The number of rotatable bonds is 7. The van der Waals surface area contributed by atoms with Crippen LogP contribution in [0.25, 0.3) is 0 Å². The molecule has 134 valence electrons. The first kappa shape index (κ1) is 19.0. The molecule has 1 aromatic carbocycles. The first-order chi connectivity index (χ1) is 11.9. The largest absolute Gasteiger partial charge is 0.495 e. The zero-order valence-corrected chi connectivity index (χ0v) is 15.5. The molecule has 0 radical (unpaired) electrons. The summed E-state index contributed by atoms with van der Waals surface area (Å²) in [5, 5.41) is 6.39. The van der Waals surface area contributed by atoms with Gasteiger partial charge in [-0.05, 0) is 45.3 Å². The lowest BCUT2D eigenvalue weighted by molar-refractivity contribution is 0.102. The number of nitrogens with zero attached hydrogens (tertiary/aromatic N) is 3. The highest BCUT2D eigenvalue weighted by atomic mass is 35.5. The summed E-state index contributed by atoms with van der Waals surface area (Å²) in [6.07, 6.45) is 0. The van der Waals surface area contributed by atoms with Gasteiger partial charge in [0.25, 0.3) is 5.91 Å². The molecular formula is C17H22ClN5O2. The van der Waals surface area contributed by atoms with Crippen molar-refractivity contribution in [3.8, 4) is 5.75 Å². The first-order valence-electron chi connectivity index (χ1n) is 7.78. The van der Waals surface area contributed by atoms with E-state index in [1.165, 1.54) is 7.11 Å². The molecule has 1 heterocycles. The molecule has 0 spiro atoms. The monoisotopic (exact) mass is 363 g/mol. The number of methoxy groups -OCH3 is 1. The molecule has 2 aromatic rings. The number of likely N-dealkylation sites (N-methyl/N-ethyl adjacent to an activating group) is 1. The number of benzene rings is 1. The Hall–Kier alpha value is -2.38. The molecule has 0 fully saturated rings. The van der Waals surface area contributed by atoms with Crippen LogP contribution in [0.5, 0.6) is 5.75 Å². The van der Waals surface area contributed by atoms with Crippen LogP contribution in [0.3, 0.4) is 0 Å². The fourth-order valence-corrected chi connectivity index (χ4v) is 2.29. The van der Waals surface area contributed by atoms with Crippen molar-refractivity contribution in [1.29, 1.82) is 0 Å². The normalized spacial score (nSPS) is 10.6. The van der Waals surface area contributed by atoms with Crippen molar-refractivity contribution in [3.05, 3.63) is 40.7 Å². The van der Waals surface area contributed by atoms with Gasteiger partial charge in [-0.2, -0.15) is 0 Å². The van der Waals surface area contributed by atoms with Crippen molar-refractivity contribution >= 4 is 29.1 Å². The maximum Gasteiger partial charge on any atom is 0.274 e. The Labute approximate surface area is 152 Å². The number of aromatic nitrogens is 2. The van der Waals surface area contributed by atoms with Gasteiger partial charge >= 0.3 is 0 Å². The number of ether oxygens (including phenoxy) is 1. The second kappa shape index (κ2) is 8.64. The molecule has 0 aliphatic carbocycles. The predicted octanol–water partition coefficient (Wildman–Crippen LogP) is 2.67. The van der Waals surface area contributed by atoms with E-state index < -0.39 is 0 Å². The number of aryl methyl sites for hydroxylation is 1. The Morgan fingerprint density at radius 1 is 1.28 bits per heavy atom. The standard InChI is InChI=1S/C17H22ClN5O2/c1-11-9-14(22-17(20-11)19-7-8-23(2)3)16(24)21-13-10-12(18)5-6-15(13)25-4/h5-6,9-10H,7-8H2,1-4H3,(H,21,24)(H,19,20,22). The molecule has 0 saturated carbocycles. The average molecular weight is 364 g/mol. The smallest absolute Gasteiger partial charge is 0.274 e. The SMILES string of the molecule is COc1ccc(Cl)cc1NC(=O)c1cc(C)nc(NCCN(C)C)n1. The lowest BCUT2D eigenvalue weighted by atomic mass is 10.2. The summed E-state index contributed by atoms with van der Waals surface area (Å²) in [5.74, 6) is 0.583. The Morgan fingerprint density at radius 3 is 2.72 bits per heavy atom. The second-order valence-electron chi connectivity index (χ2n) is 5.75. The highest BCUT2D eigenvalue weighted by Crippen LogP contribution is 2.28. The number of hydrogen-bond donors (Lipinski definition) is 2. The van der Waals surface area contributed by atoms with Crippen LogP contribution in [-0.2, 0) is 0 Å². The van der Waals surface area contributed by atoms with Crippen molar-refractivity contribution in [1.82, 2.24) is 14.9 Å². The summed E-state index contributed by atoms with van der Waals surface area (Å²) in [6, 6.07) is 6.64. The van der Waals surface area contributed by atoms with Gasteiger partial charge in [-0.3, -0.25) is 4.79 Å². The van der Waals surface area contributed by atoms with Gasteiger partial charge in [-0.25, -0.2) is 9.97 Å². The van der Waals surface area contributed by atoms with E-state index in [-0.39, 0.29) is 11.6 Å². The molecule has 0 saturated heterocycles. The van der Waals surface area contributed by atoms with Crippen LogP contribution >= 0.6 is 11.6 Å². The minimum atomic E-state index is -0.360. The van der Waals surface area contributed by atoms with Crippen LogP contribution in [0.1, 0.15) is 16.2 Å². The fraction of sp³-hybridized carbons (Fsp3) is 0.353. The number of halogens is 1. The molecular weight excluding hydrogens is 342 g/mol. The van der Waals surface area contributed by atoms with Crippen LogP contribution < -0.4 is 15.4 Å². The van der Waals surface area contributed by atoms with Gasteiger partial charge in [0.05, 0.1) is 12.8 Å². The molecule has 0 bridgehead atoms. The lowest BCUT2D eigenvalue weighted by Crippen LogP contribution is -2.22. The number of hydrogen-bond acceptors (Lipinski definition) is 6. The van der Waals surface area contributed by atoms with Gasteiger partial charge in [0, 0.05) is 23.8 Å². The Morgan fingerprint density at radius 2 is 2.04 bits per heavy atom. The number of anilines is 2. The van der Waals surface area contributed by atoms with Gasteiger partial charge in [0.1, 0.15) is 11.4 Å². The van der Waals surface area contributed by atoms with E-state index >= 15 is 0 Å². The molecule has 25 heavy (non-hydrogen) atoms. The van der Waals surface area contributed by atoms with Crippen molar-refractivity contribution in [3.63, 3.8) is 0 Å². The highest BCUT2D eigenvalue weighted by molar-refractivity contribution is 6.31. The van der Waals surface area contributed by atoms with Crippen LogP contribution in [0.2, 0.25) is 5.02 Å². The summed E-state index contributed by atoms with van der Waals surface area (Å²) < 4.78 is 5.24. The van der Waals surface area contributed by atoms with Crippen molar-refractivity contribution in [2.45, 2.75) is 6.92 Å². The highest BCUT2D eigenvalue weighted by Gasteiger charge is 2.14. The predicted molar refractivity (Wildman–Crippen MR) is 99.8 cm³/mol. The Bertz CT molecular complexity index is 752. The Kier molecular flexibility index (Phi) is 6.55. The zero-order valence-electron chi connectivity index (χ0n) is 14.8. The molecule has 0 unspecified atom stereocenters. The molecule has 1 amide bonds. The van der Waals surface area contributed by atoms with E-state index in [1.807, 2.05) is 25.9 Å². The van der Waals surface area contributed by atoms with Gasteiger partial charge in [-0.15, -0.1) is 0 Å². The maximum atomic E-state index is 12.5. The average Bonchev–Trinajstić information content (AvgIpc) is 2.54. The number of amides is 1. The van der Waals surface area contributed by atoms with Gasteiger partial charge in [0.15, 0.2) is 0 Å². The van der Waals surface area contributed by atoms with E-state index in [0.29, 0.717) is 34.6 Å². The number of carbonyl (C=O) groups excluding carboxylic acids is 1. The molecule has 0 atom stereocenters. The zero-order chi connectivity index (χ0) is 18.4. The van der Waals surface area contributed by atoms with Gasteiger partial charge < -0.3 is 20.3 Å². The summed E-state index contributed by atoms with van der Waals surface area (Å²) in [6.45, 7) is 3.33. The Balaban J connectivity index is 2.16.